The molecule has 0 amide bonds. The van der Waals surface area contributed by atoms with Crippen LogP contribution < -0.4 is 9.64 Å². The van der Waals surface area contributed by atoms with Gasteiger partial charge in [0.25, 0.3) is 0 Å². The van der Waals surface area contributed by atoms with Gasteiger partial charge in [0.2, 0.25) is 0 Å². The molecule has 1 radical (unpaired) electrons. The number of likely N-dealkylation sites (N-methyl/N-ethyl adjacent to an activating group) is 1. The van der Waals surface area contributed by atoms with Crippen LogP contribution in [0.15, 0.2) is 18.2 Å². The maximum atomic E-state index is 7.27. The van der Waals surface area contributed by atoms with Gasteiger partial charge in [0, 0.05) is 31.9 Å². The summed E-state index contributed by atoms with van der Waals surface area (Å²) in [5.41, 5.74) is 1.86. The topological polar surface area (TPSA) is 15.7 Å². The third-order valence-electron chi connectivity index (χ3n) is 3.19. The van der Waals surface area contributed by atoms with E-state index in [1.165, 1.54) is 0 Å². The molecular formula is C14H17N2O. The Morgan fingerprint density at radius 2 is 1.94 bits per heavy atom. The monoisotopic (exact) mass is 229 g/mol. The largest absolute Gasteiger partial charge is 0.495 e. The minimum atomic E-state index is 0.706. The Hall–Kier alpha value is -1.66. The Kier molecular flexibility index (Phi) is 3.55. The molecule has 3 nitrogen and oxygen atoms in total. The summed E-state index contributed by atoms with van der Waals surface area (Å²) in [5, 5.41) is 0. The van der Waals surface area contributed by atoms with Gasteiger partial charge in [-0.1, -0.05) is 0 Å². The highest BCUT2D eigenvalue weighted by Crippen LogP contribution is 2.24. The highest BCUT2D eigenvalue weighted by molar-refractivity contribution is 5.57. The molecule has 1 aromatic carbocycles. The predicted molar refractivity (Wildman–Crippen MR) is 68.9 cm³/mol. The molecule has 1 fully saturated rings. The van der Waals surface area contributed by atoms with E-state index in [4.69, 9.17) is 11.2 Å². The van der Waals surface area contributed by atoms with Crippen LogP contribution in [0.5, 0.6) is 5.75 Å². The summed E-state index contributed by atoms with van der Waals surface area (Å²) in [6, 6.07) is 5.92. The van der Waals surface area contributed by atoms with Crippen molar-refractivity contribution in [3.63, 3.8) is 0 Å². The third kappa shape index (κ3) is 2.54. The minimum absolute atomic E-state index is 0.706. The lowest BCUT2D eigenvalue weighted by Crippen LogP contribution is -2.44. The Balaban J connectivity index is 2.19. The zero-order valence-corrected chi connectivity index (χ0v) is 10.4. The van der Waals surface area contributed by atoms with Crippen LogP contribution in [0.1, 0.15) is 5.56 Å². The number of anilines is 1. The van der Waals surface area contributed by atoms with Gasteiger partial charge < -0.3 is 14.5 Å². The fourth-order valence-corrected chi connectivity index (χ4v) is 2.05. The molecule has 0 aromatic heterocycles. The zero-order chi connectivity index (χ0) is 12.3. The average Bonchev–Trinajstić information content (AvgIpc) is 2.39. The van der Waals surface area contributed by atoms with E-state index < -0.39 is 0 Å². The molecule has 0 bridgehead atoms. The van der Waals surface area contributed by atoms with Crippen molar-refractivity contribution in [1.29, 1.82) is 0 Å². The van der Waals surface area contributed by atoms with Crippen molar-refractivity contribution in [2.45, 2.75) is 0 Å². The van der Waals surface area contributed by atoms with E-state index in [2.05, 4.69) is 22.8 Å². The Labute approximate surface area is 103 Å². The van der Waals surface area contributed by atoms with E-state index in [1.54, 1.807) is 7.11 Å². The van der Waals surface area contributed by atoms with E-state index >= 15 is 0 Å². The third-order valence-corrected chi connectivity index (χ3v) is 3.19. The summed E-state index contributed by atoms with van der Waals surface area (Å²) < 4.78 is 5.19. The summed E-state index contributed by atoms with van der Waals surface area (Å²) >= 11 is 0. The van der Waals surface area contributed by atoms with Gasteiger partial charge in [0.05, 0.1) is 12.7 Å². The van der Waals surface area contributed by atoms with Crippen molar-refractivity contribution >= 4 is 5.69 Å². The second-order valence-electron chi connectivity index (χ2n) is 4.30. The van der Waals surface area contributed by atoms with Crippen LogP contribution in [-0.2, 0) is 0 Å². The van der Waals surface area contributed by atoms with Gasteiger partial charge >= 0.3 is 0 Å². The SMILES string of the molecule is [C]#Cc1cc(N2CCN(C)CC2)ccc1OC. The summed E-state index contributed by atoms with van der Waals surface area (Å²) in [7, 11) is 3.76. The van der Waals surface area contributed by atoms with Crippen LogP contribution in [0.4, 0.5) is 5.69 Å². The highest BCUT2D eigenvalue weighted by atomic mass is 16.5. The number of benzene rings is 1. The quantitative estimate of drug-likeness (QED) is 0.713. The summed E-state index contributed by atoms with van der Waals surface area (Å²) in [6.45, 7) is 4.21. The van der Waals surface area contributed by atoms with E-state index in [9.17, 15) is 0 Å². The Morgan fingerprint density at radius 1 is 1.24 bits per heavy atom. The fourth-order valence-electron chi connectivity index (χ4n) is 2.05. The summed E-state index contributed by atoms with van der Waals surface area (Å²) in [4.78, 5) is 4.66. The molecule has 0 saturated carbocycles. The molecule has 0 atom stereocenters. The van der Waals surface area contributed by atoms with Gasteiger partial charge in [-0.2, -0.15) is 0 Å². The molecule has 89 valence electrons. The predicted octanol–water partition coefficient (Wildman–Crippen LogP) is 1.38. The molecule has 1 aromatic rings. The summed E-state index contributed by atoms with van der Waals surface area (Å²) in [6.07, 6.45) is 7.27. The van der Waals surface area contributed by atoms with Crippen molar-refractivity contribution in [2.75, 3.05) is 45.2 Å². The zero-order valence-electron chi connectivity index (χ0n) is 10.4. The number of nitrogens with zero attached hydrogens (tertiary/aromatic N) is 2. The minimum Gasteiger partial charge on any atom is -0.495 e. The first-order valence-corrected chi connectivity index (χ1v) is 5.79. The smallest absolute Gasteiger partial charge is 0.134 e. The first kappa shape index (κ1) is 11.8. The highest BCUT2D eigenvalue weighted by Gasteiger charge is 2.15. The standard InChI is InChI=1S/C14H17N2O/c1-4-12-11-13(5-6-14(12)17-3)16-9-7-15(2)8-10-16/h5-6,11H,7-10H2,2-3H3. The van der Waals surface area contributed by atoms with Crippen molar-refractivity contribution in [1.82, 2.24) is 4.90 Å². The maximum Gasteiger partial charge on any atom is 0.134 e. The molecule has 1 heterocycles. The van der Waals surface area contributed by atoms with Crippen LogP contribution >= 0.6 is 0 Å². The van der Waals surface area contributed by atoms with Gasteiger partial charge in [-0.05, 0) is 37.6 Å². The molecule has 0 spiro atoms. The maximum absolute atomic E-state index is 7.27. The molecule has 0 aliphatic carbocycles. The van der Waals surface area contributed by atoms with E-state index in [0.717, 1.165) is 31.9 Å². The van der Waals surface area contributed by atoms with Gasteiger partial charge in [0.1, 0.15) is 5.75 Å². The van der Waals surface area contributed by atoms with Crippen LogP contribution in [0.25, 0.3) is 0 Å². The lowest BCUT2D eigenvalue weighted by molar-refractivity contribution is 0.313. The van der Waals surface area contributed by atoms with Crippen molar-refractivity contribution in [3.8, 4) is 11.7 Å². The first-order valence-electron chi connectivity index (χ1n) is 5.79. The van der Waals surface area contributed by atoms with Crippen LogP contribution in [0.2, 0.25) is 0 Å². The van der Waals surface area contributed by atoms with E-state index in [0.29, 0.717) is 11.3 Å². The number of ether oxygens (including phenoxy) is 1. The molecule has 3 heteroatoms. The van der Waals surface area contributed by atoms with Gasteiger partial charge in [-0.25, -0.2) is 0 Å². The van der Waals surface area contributed by atoms with Crippen LogP contribution in [0, 0.1) is 12.3 Å². The molecule has 17 heavy (non-hydrogen) atoms. The second kappa shape index (κ2) is 5.11. The van der Waals surface area contributed by atoms with Crippen LogP contribution in [-0.4, -0.2) is 45.2 Å². The Morgan fingerprint density at radius 3 is 2.53 bits per heavy atom. The number of hydrogen-bond acceptors (Lipinski definition) is 3. The Bertz CT molecular complexity index is 428. The molecule has 0 N–H and O–H groups in total. The normalized spacial score (nSPS) is 16.6. The lowest BCUT2D eigenvalue weighted by atomic mass is 10.1. The molecule has 1 aliphatic heterocycles. The van der Waals surface area contributed by atoms with Gasteiger partial charge in [0.15, 0.2) is 0 Å². The number of piperazine rings is 1. The first-order chi connectivity index (χ1) is 8.24. The molecule has 1 saturated heterocycles. The van der Waals surface area contributed by atoms with Crippen molar-refractivity contribution < 1.29 is 4.74 Å². The lowest BCUT2D eigenvalue weighted by Gasteiger charge is -2.34. The molecule has 0 unspecified atom stereocenters. The van der Waals surface area contributed by atoms with Crippen molar-refractivity contribution in [3.05, 3.63) is 30.2 Å². The van der Waals surface area contributed by atoms with Crippen LogP contribution in [0.3, 0.4) is 0 Å². The molecule has 2 rings (SSSR count). The number of hydrogen-bond donors (Lipinski definition) is 0. The number of rotatable bonds is 2. The van der Waals surface area contributed by atoms with E-state index in [-0.39, 0.29) is 0 Å². The second-order valence-corrected chi connectivity index (χ2v) is 4.30. The fraction of sp³-hybridized carbons (Fsp3) is 0.429. The number of methoxy groups -OCH3 is 1. The van der Waals surface area contributed by atoms with Gasteiger partial charge in [-0.15, -0.1) is 0 Å². The molecular weight excluding hydrogens is 212 g/mol. The van der Waals surface area contributed by atoms with Gasteiger partial charge in [-0.3, -0.25) is 0 Å². The molecule has 1 aliphatic rings. The average molecular weight is 229 g/mol. The van der Waals surface area contributed by atoms with Crippen molar-refractivity contribution in [2.24, 2.45) is 0 Å². The van der Waals surface area contributed by atoms with E-state index in [1.807, 2.05) is 18.2 Å². The summed E-state index contributed by atoms with van der Waals surface area (Å²) in [5.74, 6) is 3.13.